The Hall–Kier alpha value is -1.32. The van der Waals surface area contributed by atoms with Crippen molar-refractivity contribution in [3.63, 3.8) is 0 Å². The van der Waals surface area contributed by atoms with Crippen molar-refractivity contribution in [2.24, 2.45) is 5.73 Å². The molecule has 0 bridgehead atoms. The number of hydrogen-bond donors (Lipinski definition) is 1. The largest absolute Gasteiger partial charge is 0.493 e. The molecule has 110 valence electrons. The molecule has 2 aromatic rings. The van der Waals surface area contributed by atoms with Crippen molar-refractivity contribution in [3.05, 3.63) is 63.1 Å². The second kappa shape index (κ2) is 6.20. The van der Waals surface area contributed by atoms with Gasteiger partial charge in [-0.1, -0.05) is 40.2 Å². The molecule has 2 nitrogen and oxygen atoms in total. The van der Waals surface area contributed by atoms with E-state index >= 15 is 0 Å². The van der Waals surface area contributed by atoms with Crippen LogP contribution in [0.3, 0.4) is 0 Å². The molecule has 0 fully saturated rings. The van der Waals surface area contributed by atoms with E-state index in [1.807, 2.05) is 0 Å². The molecule has 0 aliphatic carbocycles. The fourth-order valence-corrected chi connectivity index (χ4v) is 3.59. The Labute approximate surface area is 134 Å². The molecule has 2 aromatic carbocycles. The summed E-state index contributed by atoms with van der Waals surface area (Å²) in [6.45, 7) is 2.90. The van der Waals surface area contributed by atoms with Crippen molar-refractivity contribution in [3.8, 4) is 5.75 Å². The first-order valence-electron chi connectivity index (χ1n) is 7.40. The first kappa shape index (κ1) is 14.6. The smallest absolute Gasteiger partial charge is 0.122 e. The van der Waals surface area contributed by atoms with E-state index in [0.29, 0.717) is 0 Å². The molecule has 0 radical (unpaired) electrons. The van der Waals surface area contributed by atoms with Gasteiger partial charge >= 0.3 is 0 Å². The van der Waals surface area contributed by atoms with Crippen LogP contribution in [0.1, 0.15) is 34.7 Å². The van der Waals surface area contributed by atoms with E-state index in [-0.39, 0.29) is 6.04 Å². The van der Waals surface area contributed by atoms with Crippen LogP contribution >= 0.6 is 15.9 Å². The molecule has 0 aromatic heterocycles. The highest BCUT2D eigenvalue weighted by Gasteiger charge is 2.14. The molecule has 3 heteroatoms. The zero-order valence-corrected chi connectivity index (χ0v) is 13.8. The minimum absolute atomic E-state index is 0.0597. The molecule has 1 unspecified atom stereocenters. The topological polar surface area (TPSA) is 35.2 Å². The Balaban J connectivity index is 1.67. The second-order valence-corrected chi connectivity index (χ2v) is 6.57. The van der Waals surface area contributed by atoms with Gasteiger partial charge in [-0.15, -0.1) is 0 Å². The number of rotatable bonds is 4. The van der Waals surface area contributed by atoms with E-state index < -0.39 is 0 Å². The van der Waals surface area contributed by atoms with Gasteiger partial charge in [0.15, 0.2) is 0 Å². The number of hydrogen-bond acceptors (Lipinski definition) is 2. The van der Waals surface area contributed by atoms with Gasteiger partial charge in [-0.05, 0) is 54.2 Å². The van der Waals surface area contributed by atoms with Crippen LogP contribution in [0.25, 0.3) is 0 Å². The van der Waals surface area contributed by atoms with E-state index in [4.69, 9.17) is 10.5 Å². The maximum Gasteiger partial charge on any atom is 0.122 e. The summed E-state index contributed by atoms with van der Waals surface area (Å²) in [7, 11) is 0. The van der Waals surface area contributed by atoms with Gasteiger partial charge in [0, 0.05) is 16.9 Å². The third kappa shape index (κ3) is 3.30. The fraction of sp³-hybridized carbons (Fsp3) is 0.333. The van der Waals surface area contributed by atoms with E-state index in [2.05, 4.69) is 59.3 Å². The monoisotopic (exact) mass is 345 g/mol. The molecule has 1 aliphatic heterocycles. The number of nitrogens with two attached hydrogens (primary N) is 1. The Bertz CT molecular complexity index is 654. The van der Waals surface area contributed by atoms with E-state index in [1.165, 1.54) is 22.3 Å². The average Bonchev–Trinajstić information content (AvgIpc) is 2.92. The summed E-state index contributed by atoms with van der Waals surface area (Å²) in [5.41, 5.74) is 11.5. The normalized spacial score (nSPS) is 14.6. The lowest BCUT2D eigenvalue weighted by atomic mass is 9.98. The minimum atomic E-state index is 0.0597. The number of benzene rings is 2. The number of fused-ring (bicyclic) bond motifs is 1. The molecular weight excluding hydrogens is 326 g/mol. The van der Waals surface area contributed by atoms with Crippen molar-refractivity contribution >= 4 is 15.9 Å². The average molecular weight is 346 g/mol. The van der Waals surface area contributed by atoms with E-state index in [9.17, 15) is 0 Å². The van der Waals surface area contributed by atoms with Crippen molar-refractivity contribution in [2.45, 2.75) is 32.2 Å². The zero-order valence-electron chi connectivity index (χ0n) is 12.2. The van der Waals surface area contributed by atoms with Crippen LogP contribution in [0.15, 0.2) is 40.9 Å². The summed E-state index contributed by atoms with van der Waals surface area (Å²) in [6.07, 6.45) is 2.97. The highest BCUT2D eigenvalue weighted by atomic mass is 79.9. The SMILES string of the molecule is Cc1ccc(C(N)CCc2ccc3c(c2)CCO3)c(Br)c1. The third-order valence-corrected chi connectivity index (χ3v) is 4.74. The molecule has 3 rings (SSSR count). The van der Waals surface area contributed by atoms with Crippen LogP contribution in [0.5, 0.6) is 5.75 Å². The van der Waals surface area contributed by atoms with Crippen molar-refractivity contribution < 1.29 is 4.74 Å². The first-order valence-corrected chi connectivity index (χ1v) is 8.19. The van der Waals surface area contributed by atoms with Crippen LogP contribution < -0.4 is 10.5 Å². The van der Waals surface area contributed by atoms with Crippen molar-refractivity contribution in [1.82, 2.24) is 0 Å². The van der Waals surface area contributed by atoms with Gasteiger partial charge < -0.3 is 10.5 Å². The maximum atomic E-state index is 6.35. The van der Waals surface area contributed by atoms with Gasteiger partial charge in [-0.25, -0.2) is 0 Å². The van der Waals surface area contributed by atoms with Crippen LogP contribution in [0, 0.1) is 6.92 Å². The van der Waals surface area contributed by atoms with Gasteiger partial charge in [-0.3, -0.25) is 0 Å². The van der Waals surface area contributed by atoms with Crippen LogP contribution in [0.4, 0.5) is 0 Å². The number of aryl methyl sites for hydroxylation is 2. The molecular formula is C18H20BrNO. The summed E-state index contributed by atoms with van der Waals surface area (Å²) < 4.78 is 6.65. The summed E-state index contributed by atoms with van der Waals surface area (Å²) in [5, 5.41) is 0. The molecule has 0 saturated heterocycles. The molecule has 0 spiro atoms. The summed E-state index contributed by atoms with van der Waals surface area (Å²) in [4.78, 5) is 0. The van der Waals surface area contributed by atoms with E-state index in [1.54, 1.807) is 0 Å². The Kier molecular flexibility index (Phi) is 4.32. The lowest BCUT2D eigenvalue weighted by Gasteiger charge is -2.15. The number of ether oxygens (including phenoxy) is 1. The Morgan fingerprint density at radius 2 is 2.10 bits per heavy atom. The van der Waals surface area contributed by atoms with Crippen LogP contribution in [-0.4, -0.2) is 6.61 Å². The molecule has 1 heterocycles. The quantitative estimate of drug-likeness (QED) is 0.895. The van der Waals surface area contributed by atoms with Crippen molar-refractivity contribution in [2.75, 3.05) is 6.61 Å². The van der Waals surface area contributed by atoms with Crippen LogP contribution in [0.2, 0.25) is 0 Å². The predicted molar refractivity (Wildman–Crippen MR) is 89.8 cm³/mol. The predicted octanol–water partition coefficient (Wildman–Crippen LogP) is 4.33. The van der Waals surface area contributed by atoms with Gasteiger partial charge in [-0.2, -0.15) is 0 Å². The molecule has 0 amide bonds. The third-order valence-electron chi connectivity index (χ3n) is 4.05. The highest BCUT2D eigenvalue weighted by molar-refractivity contribution is 9.10. The summed E-state index contributed by atoms with van der Waals surface area (Å²) >= 11 is 3.62. The van der Waals surface area contributed by atoms with Gasteiger partial charge in [0.05, 0.1) is 6.61 Å². The Morgan fingerprint density at radius 3 is 2.90 bits per heavy atom. The molecule has 0 saturated carbocycles. The highest BCUT2D eigenvalue weighted by Crippen LogP contribution is 2.29. The summed E-state index contributed by atoms with van der Waals surface area (Å²) in [6, 6.07) is 12.9. The van der Waals surface area contributed by atoms with E-state index in [0.717, 1.165) is 36.1 Å². The lowest BCUT2D eigenvalue weighted by Crippen LogP contribution is -2.12. The van der Waals surface area contributed by atoms with Gasteiger partial charge in [0.25, 0.3) is 0 Å². The standard InChI is InChI=1S/C18H20BrNO/c1-12-2-5-15(16(19)10-12)17(20)6-3-13-4-7-18-14(11-13)8-9-21-18/h2,4-5,7,10-11,17H,3,6,8-9,20H2,1H3. The first-order chi connectivity index (χ1) is 10.1. The van der Waals surface area contributed by atoms with Crippen LogP contribution in [-0.2, 0) is 12.8 Å². The Morgan fingerprint density at radius 1 is 1.24 bits per heavy atom. The minimum Gasteiger partial charge on any atom is -0.493 e. The number of halogens is 1. The van der Waals surface area contributed by atoms with Gasteiger partial charge in [0.1, 0.15) is 5.75 Å². The lowest BCUT2D eigenvalue weighted by molar-refractivity contribution is 0.357. The fourth-order valence-electron chi connectivity index (χ4n) is 2.81. The second-order valence-electron chi connectivity index (χ2n) is 5.71. The molecule has 2 N–H and O–H groups in total. The van der Waals surface area contributed by atoms with Crippen molar-refractivity contribution in [1.29, 1.82) is 0 Å². The van der Waals surface area contributed by atoms with Gasteiger partial charge in [0.2, 0.25) is 0 Å². The zero-order chi connectivity index (χ0) is 14.8. The maximum absolute atomic E-state index is 6.35. The summed E-state index contributed by atoms with van der Waals surface area (Å²) in [5.74, 6) is 1.05. The molecule has 1 atom stereocenters. The molecule has 1 aliphatic rings. The molecule has 21 heavy (non-hydrogen) atoms.